The van der Waals surface area contributed by atoms with Crippen molar-refractivity contribution in [2.45, 2.75) is 32.0 Å². The first kappa shape index (κ1) is 11.6. The van der Waals surface area contributed by atoms with Crippen molar-refractivity contribution in [3.63, 3.8) is 0 Å². The van der Waals surface area contributed by atoms with E-state index in [4.69, 9.17) is 9.52 Å². The summed E-state index contributed by atoms with van der Waals surface area (Å²) in [6.07, 6.45) is 2.53. The van der Waals surface area contributed by atoms with Crippen LogP contribution in [0.25, 0.3) is 0 Å². The molecule has 1 aliphatic rings. The van der Waals surface area contributed by atoms with Crippen molar-refractivity contribution in [1.29, 1.82) is 0 Å². The zero-order valence-corrected chi connectivity index (χ0v) is 9.72. The number of hydrogen-bond donors (Lipinski definition) is 2. The van der Waals surface area contributed by atoms with Crippen molar-refractivity contribution in [3.8, 4) is 0 Å². The van der Waals surface area contributed by atoms with E-state index in [2.05, 4.69) is 17.1 Å². The molecule has 1 aliphatic heterocycles. The Labute approximate surface area is 96.2 Å². The van der Waals surface area contributed by atoms with Gasteiger partial charge in [-0.25, -0.2) is 0 Å². The zero-order chi connectivity index (χ0) is 11.4. The zero-order valence-electron chi connectivity index (χ0n) is 9.72. The molecule has 1 fully saturated rings. The van der Waals surface area contributed by atoms with Gasteiger partial charge in [-0.15, -0.1) is 0 Å². The van der Waals surface area contributed by atoms with Gasteiger partial charge in [0.15, 0.2) is 0 Å². The van der Waals surface area contributed by atoms with Gasteiger partial charge in [0.25, 0.3) is 0 Å². The highest BCUT2D eigenvalue weighted by Gasteiger charge is 2.27. The molecule has 0 radical (unpaired) electrons. The first-order chi connectivity index (χ1) is 7.81. The Morgan fingerprint density at radius 1 is 1.56 bits per heavy atom. The summed E-state index contributed by atoms with van der Waals surface area (Å²) < 4.78 is 5.39. The number of rotatable bonds is 4. The average Bonchev–Trinajstić information content (AvgIpc) is 2.76. The van der Waals surface area contributed by atoms with Gasteiger partial charge < -0.3 is 14.8 Å². The summed E-state index contributed by atoms with van der Waals surface area (Å²) in [6.45, 7) is 5.24. The van der Waals surface area contributed by atoms with Crippen molar-refractivity contribution in [1.82, 2.24) is 10.2 Å². The minimum Gasteiger partial charge on any atom is -0.468 e. The molecule has 4 nitrogen and oxygen atoms in total. The minimum atomic E-state index is 0.244. The summed E-state index contributed by atoms with van der Waals surface area (Å²) in [5, 5.41) is 12.5. The molecule has 2 heterocycles. The van der Waals surface area contributed by atoms with E-state index in [9.17, 15) is 0 Å². The highest BCUT2D eigenvalue weighted by molar-refractivity contribution is 5.00. The highest BCUT2D eigenvalue weighted by Crippen LogP contribution is 2.17. The maximum Gasteiger partial charge on any atom is 0.117 e. The van der Waals surface area contributed by atoms with Gasteiger partial charge >= 0.3 is 0 Å². The second-order valence-corrected chi connectivity index (χ2v) is 4.43. The first-order valence-electron chi connectivity index (χ1n) is 5.91. The Morgan fingerprint density at radius 3 is 3.12 bits per heavy atom. The molecule has 2 rings (SSSR count). The van der Waals surface area contributed by atoms with E-state index in [1.165, 1.54) is 0 Å². The number of nitrogens with zero attached hydrogens (tertiary/aromatic N) is 1. The van der Waals surface area contributed by atoms with Crippen LogP contribution >= 0.6 is 0 Å². The lowest BCUT2D eigenvalue weighted by atomic mass is 10.1. The first-order valence-corrected chi connectivity index (χ1v) is 5.91. The van der Waals surface area contributed by atoms with Crippen LogP contribution in [0.15, 0.2) is 22.8 Å². The summed E-state index contributed by atoms with van der Waals surface area (Å²) in [5.41, 5.74) is 0. The Bertz CT molecular complexity index is 298. The summed E-state index contributed by atoms with van der Waals surface area (Å²) in [4.78, 5) is 2.41. The molecule has 1 aromatic rings. The van der Waals surface area contributed by atoms with Crippen LogP contribution in [0.1, 0.15) is 19.1 Å². The van der Waals surface area contributed by atoms with Crippen molar-refractivity contribution in [3.05, 3.63) is 24.2 Å². The van der Waals surface area contributed by atoms with E-state index in [0.717, 1.165) is 31.8 Å². The van der Waals surface area contributed by atoms with Crippen LogP contribution in [0.2, 0.25) is 0 Å². The fourth-order valence-corrected chi connectivity index (χ4v) is 2.34. The molecule has 0 spiro atoms. The molecule has 4 heteroatoms. The summed E-state index contributed by atoms with van der Waals surface area (Å²) in [6, 6.07) is 4.81. The van der Waals surface area contributed by atoms with E-state index >= 15 is 0 Å². The van der Waals surface area contributed by atoms with Gasteiger partial charge in [-0.2, -0.15) is 0 Å². The third-order valence-corrected chi connectivity index (χ3v) is 3.24. The number of aliphatic hydroxyl groups excluding tert-OH is 1. The van der Waals surface area contributed by atoms with Crippen LogP contribution in [0.3, 0.4) is 0 Å². The Balaban J connectivity index is 2.01. The molecule has 0 bridgehead atoms. The monoisotopic (exact) mass is 224 g/mol. The normalized spacial score (nSPS) is 27.1. The van der Waals surface area contributed by atoms with Crippen LogP contribution < -0.4 is 5.32 Å². The smallest absolute Gasteiger partial charge is 0.117 e. The third-order valence-electron chi connectivity index (χ3n) is 3.24. The molecule has 0 aromatic carbocycles. The van der Waals surface area contributed by atoms with E-state index in [1.807, 2.05) is 12.1 Å². The van der Waals surface area contributed by atoms with Gasteiger partial charge in [0, 0.05) is 31.8 Å². The van der Waals surface area contributed by atoms with Crippen molar-refractivity contribution >= 4 is 0 Å². The quantitative estimate of drug-likeness (QED) is 0.795. The van der Waals surface area contributed by atoms with Crippen molar-refractivity contribution in [2.24, 2.45) is 0 Å². The van der Waals surface area contributed by atoms with E-state index in [1.54, 1.807) is 6.26 Å². The van der Waals surface area contributed by atoms with Gasteiger partial charge in [0.2, 0.25) is 0 Å². The predicted molar refractivity (Wildman–Crippen MR) is 62.1 cm³/mol. The van der Waals surface area contributed by atoms with Gasteiger partial charge in [-0.3, -0.25) is 4.90 Å². The maximum atomic E-state index is 9.07. The van der Waals surface area contributed by atoms with Crippen molar-refractivity contribution in [2.75, 3.05) is 19.7 Å². The number of furan rings is 1. The fraction of sp³-hybridized carbons (Fsp3) is 0.667. The molecule has 0 saturated carbocycles. The molecule has 0 aliphatic carbocycles. The number of aliphatic hydroxyl groups is 1. The number of piperazine rings is 1. The van der Waals surface area contributed by atoms with Crippen LogP contribution in [-0.4, -0.2) is 41.8 Å². The molecule has 2 unspecified atom stereocenters. The standard InChI is InChI=1S/C12H20N2O2/c1-10-7-13-8-11(4-5-15)14(10)9-12-3-2-6-16-12/h2-3,6,10-11,13,15H,4-5,7-9H2,1H3. The van der Waals surface area contributed by atoms with E-state index in [0.29, 0.717) is 12.1 Å². The largest absolute Gasteiger partial charge is 0.468 e. The maximum absolute atomic E-state index is 9.07. The fourth-order valence-electron chi connectivity index (χ4n) is 2.34. The Morgan fingerprint density at radius 2 is 2.44 bits per heavy atom. The van der Waals surface area contributed by atoms with E-state index in [-0.39, 0.29) is 6.61 Å². The molecule has 2 N–H and O–H groups in total. The lowest BCUT2D eigenvalue weighted by Gasteiger charge is -2.40. The minimum absolute atomic E-state index is 0.244. The molecule has 2 atom stereocenters. The number of nitrogens with one attached hydrogen (secondary N) is 1. The molecular weight excluding hydrogens is 204 g/mol. The average molecular weight is 224 g/mol. The topological polar surface area (TPSA) is 48.6 Å². The van der Waals surface area contributed by atoms with Crippen LogP contribution in [0.5, 0.6) is 0 Å². The van der Waals surface area contributed by atoms with Crippen LogP contribution in [-0.2, 0) is 6.54 Å². The number of hydrogen-bond acceptors (Lipinski definition) is 4. The van der Waals surface area contributed by atoms with Crippen LogP contribution in [0.4, 0.5) is 0 Å². The molecular formula is C12H20N2O2. The highest BCUT2D eigenvalue weighted by atomic mass is 16.3. The van der Waals surface area contributed by atoms with Gasteiger partial charge in [-0.1, -0.05) is 0 Å². The molecule has 90 valence electrons. The second kappa shape index (κ2) is 5.48. The molecule has 1 aromatic heterocycles. The van der Waals surface area contributed by atoms with Crippen LogP contribution in [0, 0.1) is 0 Å². The Kier molecular flexibility index (Phi) is 3.98. The SMILES string of the molecule is CC1CNCC(CCO)N1Cc1ccco1. The summed E-state index contributed by atoms with van der Waals surface area (Å²) >= 11 is 0. The summed E-state index contributed by atoms with van der Waals surface area (Å²) in [5.74, 6) is 0.997. The third kappa shape index (κ3) is 2.64. The Hall–Kier alpha value is -0.840. The molecule has 0 amide bonds. The van der Waals surface area contributed by atoms with Gasteiger partial charge in [0.05, 0.1) is 12.8 Å². The molecule has 16 heavy (non-hydrogen) atoms. The predicted octanol–water partition coefficient (Wildman–Crippen LogP) is 0.824. The molecule has 1 saturated heterocycles. The lowest BCUT2D eigenvalue weighted by Crippen LogP contribution is -2.55. The summed E-state index contributed by atoms with van der Waals surface area (Å²) in [7, 11) is 0. The van der Waals surface area contributed by atoms with E-state index < -0.39 is 0 Å². The lowest BCUT2D eigenvalue weighted by molar-refractivity contribution is 0.0722. The second-order valence-electron chi connectivity index (χ2n) is 4.43. The van der Waals surface area contributed by atoms with Gasteiger partial charge in [0.1, 0.15) is 5.76 Å². The van der Waals surface area contributed by atoms with Crippen molar-refractivity contribution < 1.29 is 9.52 Å². The van der Waals surface area contributed by atoms with Gasteiger partial charge in [-0.05, 0) is 25.5 Å².